The molecule has 0 saturated carbocycles. The van der Waals surface area contributed by atoms with E-state index in [-0.39, 0.29) is 0 Å². The van der Waals surface area contributed by atoms with Crippen LogP contribution >= 0.6 is 11.3 Å². The van der Waals surface area contributed by atoms with E-state index in [0.29, 0.717) is 6.04 Å². The summed E-state index contributed by atoms with van der Waals surface area (Å²) in [4.78, 5) is 8.50. The number of hydrogen-bond donors (Lipinski definition) is 1. The smallest absolute Gasteiger partial charge is 0.208 e. The molecule has 2 bridgehead atoms. The van der Waals surface area contributed by atoms with Crippen molar-refractivity contribution in [3.8, 4) is 10.7 Å². The molecule has 23 heavy (non-hydrogen) atoms. The van der Waals surface area contributed by atoms with Gasteiger partial charge in [-0.15, -0.1) is 10.2 Å². The molecule has 3 aromatic rings. The second kappa shape index (κ2) is 5.32. The summed E-state index contributed by atoms with van der Waals surface area (Å²) in [5.41, 5.74) is 2.22. The van der Waals surface area contributed by atoms with Crippen molar-refractivity contribution in [2.45, 2.75) is 18.9 Å². The minimum atomic E-state index is 0.636. The molecule has 3 aliphatic heterocycles. The number of benzene rings is 1. The molecule has 0 spiro atoms. The van der Waals surface area contributed by atoms with Crippen LogP contribution in [0.15, 0.2) is 30.3 Å². The molecule has 118 valence electrons. The minimum absolute atomic E-state index is 0.636. The summed E-state index contributed by atoms with van der Waals surface area (Å²) in [6, 6.07) is 11.1. The van der Waals surface area contributed by atoms with Gasteiger partial charge < -0.3 is 14.8 Å². The Kier molecular flexibility index (Phi) is 3.12. The number of hydrogen-bond acceptors (Lipinski definition) is 5. The molecule has 6 heteroatoms. The second-order valence-electron chi connectivity index (χ2n) is 6.43. The van der Waals surface area contributed by atoms with Crippen LogP contribution in [-0.4, -0.2) is 52.3 Å². The van der Waals surface area contributed by atoms with Crippen LogP contribution in [0.1, 0.15) is 12.8 Å². The molecule has 3 aliphatic rings. The third kappa shape index (κ3) is 2.33. The first-order chi connectivity index (χ1) is 11.4. The molecule has 3 saturated heterocycles. The molecule has 0 aliphatic carbocycles. The van der Waals surface area contributed by atoms with Crippen molar-refractivity contribution in [2.75, 3.05) is 31.1 Å². The standard InChI is InChI=1S/C17H19N5S/c1-2-4-14-12(3-1)11-15(18-14)16-19-20-17(23-16)22-10-9-21-7-5-13(22)6-8-21/h1-4,11,13,18H,5-10H2. The van der Waals surface area contributed by atoms with Crippen molar-refractivity contribution in [1.82, 2.24) is 20.1 Å². The summed E-state index contributed by atoms with van der Waals surface area (Å²) in [5, 5.41) is 12.2. The maximum Gasteiger partial charge on any atom is 0.208 e. The van der Waals surface area contributed by atoms with Crippen LogP contribution in [0.4, 0.5) is 5.13 Å². The molecule has 2 aromatic heterocycles. The van der Waals surface area contributed by atoms with Gasteiger partial charge in [0.1, 0.15) is 0 Å². The number of aromatic nitrogens is 3. The van der Waals surface area contributed by atoms with Crippen LogP contribution in [0.2, 0.25) is 0 Å². The van der Waals surface area contributed by atoms with E-state index in [2.05, 4.69) is 55.3 Å². The van der Waals surface area contributed by atoms with E-state index in [4.69, 9.17) is 0 Å². The number of H-pyrrole nitrogens is 1. The summed E-state index contributed by atoms with van der Waals surface area (Å²) < 4.78 is 0. The van der Waals surface area contributed by atoms with Gasteiger partial charge in [-0.05, 0) is 25.0 Å². The summed E-state index contributed by atoms with van der Waals surface area (Å²) in [7, 11) is 0. The summed E-state index contributed by atoms with van der Waals surface area (Å²) in [6.07, 6.45) is 2.50. The highest BCUT2D eigenvalue weighted by Crippen LogP contribution is 2.33. The van der Waals surface area contributed by atoms with E-state index < -0.39 is 0 Å². The van der Waals surface area contributed by atoms with Gasteiger partial charge in [0, 0.05) is 43.1 Å². The highest BCUT2D eigenvalue weighted by molar-refractivity contribution is 7.18. The van der Waals surface area contributed by atoms with Crippen molar-refractivity contribution in [2.24, 2.45) is 0 Å². The fourth-order valence-corrected chi connectivity index (χ4v) is 4.68. The fraction of sp³-hybridized carbons (Fsp3) is 0.412. The van der Waals surface area contributed by atoms with Crippen LogP contribution < -0.4 is 4.90 Å². The first kappa shape index (κ1) is 13.5. The lowest BCUT2D eigenvalue weighted by Gasteiger charge is -2.30. The van der Waals surface area contributed by atoms with Gasteiger partial charge in [-0.1, -0.05) is 29.5 Å². The Morgan fingerprint density at radius 1 is 1.04 bits per heavy atom. The number of nitrogens with one attached hydrogen (secondary N) is 1. The minimum Gasteiger partial charge on any atom is -0.353 e. The zero-order valence-corrected chi connectivity index (χ0v) is 13.7. The summed E-state index contributed by atoms with van der Waals surface area (Å²) in [6.45, 7) is 4.69. The van der Waals surface area contributed by atoms with Gasteiger partial charge in [-0.2, -0.15) is 0 Å². The zero-order chi connectivity index (χ0) is 15.2. The Morgan fingerprint density at radius 2 is 1.91 bits per heavy atom. The van der Waals surface area contributed by atoms with Gasteiger partial charge >= 0.3 is 0 Å². The number of aromatic amines is 1. The van der Waals surface area contributed by atoms with Gasteiger partial charge in [0.2, 0.25) is 5.13 Å². The molecule has 5 heterocycles. The molecular weight excluding hydrogens is 306 g/mol. The summed E-state index contributed by atoms with van der Waals surface area (Å²) in [5.74, 6) is 0. The molecule has 0 radical (unpaired) electrons. The van der Waals surface area contributed by atoms with Gasteiger partial charge in [0.15, 0.2) is 5.01 Å². The molecule has 0 unspecified atom stereocenters. The number of rotatable bonds is 2. The number of nitrogens with zero attached hydrogens (tertiary/aromatic N) is 4. The molecular formula is C17H19N5S. The fourth-order valence-electron chi connectivity index (χ4n) is 3.77. The van der Waals surface area contributed by atoms with Crippen LogP contribution in [0.3, 0.4) is 0 Å². The SMILES string of the molecule is c1ccc2[nH]c(-c3nnc(N4CCN5CCC4CC5)s3)cc2c1. The summed E-state index contributed by atoms with van der Waals surface area (Å²) >= 11 is 1.71. The molecule has 0 atom stereocenters. The van der Waals surface area contributed by atoms with E-state index in [1.165, 1.54) is 31.3 Å². The predicted octanol–water partition coefficient (Wildman–Crippen LogP) is 2.97. The molecule has 1 N–H and O–H groups in total. The zero-order valence-electron chi connectivity index (χ0n) is 12.9. The third-order valence-electron chi connectivity index (χ3n) is 5.08. The Balaban J connectivity index is 1.47. The Bertz CT molecular complexity index is 797. The van der Waals surface area contributed by atoms with Crippen molar-refractivity contribution < 1.29 is 0 Å². The number of para-hydroxylation sites is 1. The van der Waals surface area contributed by atoms with Crippen molar-refractivity contribution >= 4 is 27.4 Å². The van der Waals surface area contributed by atoms with E-state index in [9.17, 15) is 0 Å². The largest absolute Gasteiger partial charge is 0.353 e. The number of piperidine rings is 1. The topological polar surface area (TPSA) is 48.1 Å². The van der Waals surface area contributed by atoms with E-state index in [1.807, 2.05) is 0 Å². The van der Waals surface area contributed by atoms with Gasteiger partial charge in [-0.25, -0.2) is 0 Å². The van der Waals surface area contributed by atoms with Crippen molar-refractivity contribution in [3.63, 3.8) is 0 Å². The lowest BCUT2D eigenvalue weighted by molar-refractivity contribution is 0.250. The number of anilines is 1. The maximum atomic E-state index is 4.50. The number of fused-ring (bicyclic) bond motifs is 5. The molecule has 3 fully saturated rings. The quantitative estimate of drug-likeness (QED) is 0.787. The van der Waals surface area contributed by atoms with Crippen molar-refractivity contribution in [1.29, 1.82) is 0 Å². The van der Waals surface area contributed by atoms with Crippen molar-refractivity contribution in [3.05, 3.63) is 30.3 Å². The van der Waals surface area contributed by atoms with Gasteiger partial charge in [0.25, 0.3) is 0 Å². The molecule has 1 aromatic carbocycles. The lowest BCUT2D eigenvalue weighted by Crippen LogP contribution is -2.37. The van der Waals surface area contributed by atoms with Gasteiger partial charge in [-0.3, -0.25) is 0 Å². The van der Waals surface area contributed by atoms with Crippen LogP contribution in [-0.2, 0) is 0 Å². The Morgan fingerprint density at radius 3 is 2.78 bits per heavy atom. The first-order valence-electron chi connectivity index (χ1n) is 8.27. The predicted molar refractivity (Wildman–Crippen MR) is 94.0 cm³/mol. The molecule has 6 rings (SSSR count). The normalized spacial score (nSPS) is 24.3. The van der Waals surface area contributed by atoms with Crippen LogP contribution in [0, 0.1) is 0 Å². The average Bonchev–Trinajstić information content (AvgIpc) is 3.14. The Hall–Kier alpha value is -1.92. The average molecular weight is 325 g/mol. The Labute approximate surface area is 138 Å². The van der Waals surface area contributed by atoms with E-state index >= 15 is 0 Å². The maximum absolute atomic E-state index is 4.50. The highest BCUT2D eigenvalue weighted by atomic mass is 32.1. The van der Waals surface area contributed by atoms with Crippen LogP contribution in [0.5, 0.6) is 0 Å². The van der Waals surface area contributed by atoms with Gasteiger partial charge in [0.05, 0.1) is 5.69 Å². The lowest BCUT2D eigenvalue weighted by atomic mass is 10.1. The van der Waals surface area contributed by atoms with E-state index in [0.717, 1.165) is 34.4 Å². The molecule has 5 nitrogen and oxygen atoms in total. The molecule has 0 amide bonds. The first-order valence-corrected chi connectivity index (χ1v) is 9.09. The van der Waals surface area contributed by atoms with E-state index in [1.54, 1.807) is 11.3 Å². The second-order valence-corrected chi connectivity index (χ2v) is 7.38. The third-order valence-corrected chi connectivity index (χ3v) is 6.07. The van der Waals surface area contributed by atoms with Crippen LogP contribution in [0.25, 0.3) is 21.6 Å². The highest BCUT2D eigenvalue weighted by Gasteiger charge is 2.31. The monoisotopic (exact) mass is 325 g/mol.